The molecule has 2 aromatic carbocycles. The Bertz CT molecular complexity index is 619. The van der Waals surface area contributed by atoms with Crippen molar-refractivity contribution in [2.24, 2.45) is 5.92 Å². The molecule has 2 aromatic rings. The van der Waals surface area contributed by atoms with E-state index in [0.29, 0.717) is 6.42 Å². The van der Waals surface area contributed by atoms with Gasteiger partial charge in [-0.25, -0.2) is 8.78 Å². The second kappa shape index (κ2) is 5.94. The first-order chi connectivity index (χ1) is 10.2. The number of rotatable bonds is 4. The highest BCUT2D eigenvalue weighted by atomic mass is 19.1. The van der Waals surface area contributed by atoms with Crippen LogP contribution in [0.1, 0.15) is 29.7 Å². The molecule has 21 heavy (non-hydrogen) atoms. The molecule has 0 spiro atoms. The second-order valence-electron chi connectivity index (χ2n) is 5.60. The normalized spacial score (nSPS) is 20.5. The van der Waals surface area contributed by atoms with Crippen LogP contribution in [0.3, 0.4) is 0 Å². The molecule has 0 saturated heterocycles. The molecule has 110 valence electrons. The maximum absolute atomic E-state index is 13.9. The zero-order chi connectivity index (χ0) is 14.8. The highest BCUT2D eigenvalue weighted by Gasteiger charge is 2.32. The number of fused-ring (bicyclic) bond motifs is 1. The molecule has 1 aliphatic rings. The minimum Gasteiger partial charge on any atom is -0.310 e. The summed E-state index contributed by atoms with van der Waals surface area (Å²) in [6, 6.07) is 12.5. The van der Waals surface area contributed by atoms with E-state index >= 15 is 0 Å². The van der Waals surface area contributed by atoms with Crippen LogP contribution in [0.4, 0.5) is 8.78 Å². The summed E-state index contributed by atoms with van der Waals surface area (Å²) in [4.78, 5) is 0. The Morgan fingerprint density at radius 3 is 2.48 bits per heavy atom. The first kappa shape index (κ1) is 14.2. The van der Waals surface area contributed by atoms with Crippen molar-refractivity contribution in [3.05, 3.63) is 70.8 Å². The van der Waals surface area contributed by atoms with Gasteiger partial charge in [0.25, 0.3) is 0 Å². The van der Waals surface area contributed by atoms with Gasteiger partial charge in [0.2, 0.25) is 0 Å². The Morgan fingerprint density at radius 2 is 1.76 bits per heavy atom. The fraction of sp³-hybridized carbons (Fsp3) is 0.333. The van der Waals surface area contributed by atoms with Crippen LogP contribution in [0.25, 0.3) is 0 Å². The smallest absolute Gasteiger partial charge is 0.129 e. The third-order valence-electron chi connectivity index (χ3n) is 4.30. The van der Waals surface area contributed by atoms with E-state index in [4.69, 9.17) is 0 Å². The molecule has 0 aromatic heterocycles. The van der Waals surface area contributed by atoms with Crippen molar-refractivity contribution >= 4 is 0 Å². The molecule has 1 N–H and O–H groups in total. The summed E-state index contributed by atoms with van der Waals surface area (Å²) in [7, 11) is 0. The van der Waals surface area contributed by atoms with Crippen LogP contribution >= 0.6 is 0 Å². The molecule has 0 saturated carbocycles. The lowest BCUT2D eigenvalue weighted by Gasteiger charge is -2.22. The van der Waals surface area contributed by atoms with Gasteiger partial charge >= 0.3 is 0 Å². The van der Waals surface area contributed by atoms with Gasteiger partial charge in [0.15, 0.2) is 0 Å². The Balaban J connectivity index is 1.89. The predicted octanol–water partition coefficient (Wildman–Crippen LogP) is 4.03. The van der Waals surface area contributed by atoms with Crippen LogP contribution in [0.15, 0.2) is 42.5 Å². The maximum atomic E-state index is 13.9. The molecule has 1 aliphatic carbocycles. The quantitative estimate of drug-likeness (QED) is 0.895. The lowest BCUT2D eigenvalue weighted by molar-refractivity contribution is 0.382. The number of halogens is 2. The molecule has 1 nitrogen and oxygen atoms in total. The van der Waals surface area contributed by atoms with Crippen molar-refractivity contribution in [2.75, 3.05) is 6.54 Å². The van der Waals surface area contributed by atoms with Crippen molar-refractivity contribution in [1.82, 2.24) is 5.32 Å². The van der Waals surface area contributed by atoms with Crippen molar-refractivity contribution in [2.45, 2.75) is 25.8 Å². The highest BCUT2D eigenvalue weighted by Crippen LogP contribution is 2.38. The van der Waals surface area contributed by atoms with E-state index in [9.17, 15) is 8.78 Å². The summed E-state index contributed by atoms with van der Waals surface area (Å²) in [6.45, 7) is 2.90. The Kier molecular flexibility index (Phi) is 4.02. The Labute approximate surface area is 124 Å². The van der Waals surface area contributed by atoms with Gasteiger partial charge in [0.05, 0.1) is 0 Å². The summed E-state index contributed by atoms with van der Waals surface area (Å²) in [6.07, 6.45) is 1.28. The van der Waals surface area contributed by atoms with E-state index in [2.05, 4.69) is 24.4 Å². The van der Waals surface area contributed by atoms with E-state index in [0.717, 1.165) is 13.0 Å². The zero-order valence-electron chi connectivity index (χ0n) is 12.1. The maximum Gasteiger partial charge on any atom is 0.129 e. The fourth-order valence-corrected chi connectivity index (χ4v) is 3.35. The predicted molar refractivity (Wildman–Crippen MR) is 80.1 cm³/mol. The summed E-state index contributed by atoms with van der Waals surface area (Å²) in [5.41, 5.74) is 2.75. The first-order valence-corrected chi connectivity index (χ1v) is 7.44. The molecule has 2 atom stereocenters. The van der Waals surface area contributed by atoms with Crippen LogP contribution in [0.2, 0.25) is 0 Å². The minimum absolute atomic E-state index is 0.171. The summed E-state index contributed by atoms with van der Waals surface area (Å²) in [5.74, 6) is -0.698. The Hall–Kier alpha value is -1.74. The molecule has 3 heteroatoms. The number of benzene rings is 2. The van der Waals surface area contributed by atoms with Gasteiger partial charge in [0.1, 0.15) is 11.6 Å². The standard InChI is InChI=1S/C18H19F2N/c1-2-21-18-13(10-12-6-3-4-7-14(12)18)11-15-16(19)8-5-9-17(15)20/h3-9,13,18,21H,2,10-11H2,1H3. The molecule has 0 heterocycles. The van der Waals surface area contributed by atoms with Gasteiger partial charge in [-0.05, 0) is 48.6 Å². The topological polar surface area (TPSA) is 12.0 Å². The molecular weight excluding hydrogens is 268 g/mol. The monoisotopic (exact) mass is 287 g/mol. The van der Waals surface area contributed by atoms with Crippen molar-refractivity contribution in [1.29, 1.82) is 0 Å². The van der Waals surface area contributed by atoms with E-state index in [-0.39, 0.29) is 17.5 Å². The zero-order valence-corrected chi connectivity index (χ0v) is 12.1. The second-order valence-corrected chi connectivity index (χ2v) is 5.60. The Morgan fingerprint density at radius 1 is 1.05 bits per heavy atom. The van der Waals surface area contributed by atoms with Crippen LogP contribution in [0.5, 0.6) is 0 Å². The number of hydrogen-bond donors (Lipinski definition) is 1. The van der Waals surface area contributed by atoms with Gasteiger partial charge in [-0.1, -0.05) is 37.3 Å². The van der Waals surface area contributed by atoms with Gasteiger partial charge in [0, 0.05) is 11.6 Å². The van der Waals surface area contributed by atoms with Gasteiger partial charge in [-0.2, -0.15) is 0 Å². The summed E-state index contributed by atoms with van der Waals surface area (Å²) < 4.78 is 27.8. The van der Waals surface area contributed by atoms with Crippen molar-refractivity contribution < 1.29 is 8.78 Å². The lowest BCUT2D eigenvalue weighted by Crippen LogP contribution is -2.26. The number of hydrogen-bond acceptors (Lipinski definition) is 1. The van der Waals surface area contributed by atoms with Crippen molar-refractivity contribution in [3.63, 3.8) is 0 Å². The van der Waals surface area contributed by atoms with Crippen LogP contribution in [0, 0.1) is 17.6 Å². The van der Waals surface area contributed by atoms with Gasteiger partial charge < -0.3 is 5.32 Å². The third kappa shape index (κ3) is 2.70. The van der Waals surface area contributed by atoms with Crippen LogP contribution in [-0.2, 0) is 12.8 Å². The molecule has 0 amide bonds. The average Bonchev–Trinajstić information content (AvgIpc) is 2.82. The molecule has 3 rings (SSSR count). The van der Waals surface area contributed by atoms with Crippen molar-refractivity contribution in [3.8, 4) is 0 Å². The summed E-state index contributed by atoms with van der Waals surface area (Å²) in [5, 5.41) is 3.47. The van der Waals surface area contributed by atoms with Gasteiger partial charge in [-0.15, -0.1) is 0 Å². The van der Waals surface area contributed by atoms with E-state index in [1.54, 1.807) is 0 Å². The highest BCUT2D eigenvalue weighted by molar-refractivity contribution is 5.37. The molecule has 2 unspecified atom stereocenters. The molecule has 0 radical (unpaired) electrons. The molecule has 0 bridgehead atoms. The van der Waals surface area contributed by atoms with Gasteiger partial charge in [-0.3, -0.25) is 0 Å². The van der Waals surface area contributed by atoms with E-state index < -0.39 is 11.6 Å². The fourth-order valence-electron chi connectivity index (χ4n) is 3.35. The molecule has 0 fully saturated rings. The number of nitrogens with one attached hydrogen (secondary N) is 1. The minimum atomic E-state index is -0.443. The molecule has 0 aliphatic heterocycles. The van der Waals surface area contributed by atoms with Crippen LogP contribution in [-0.4, -0.2) is 6.54 Å². The lowest BCUT2D eigenvalue weighted by atomic mass is 9.92. The SMILES string of the molecule is CCNC1c2ccccc2CC1Cc1c(F)cccc1F. The van der Waals surface area contributed by atoms with E-state index in [1.807, 2.05) is 12.1 Å². The average molecular weight is 287 g/mol. The van der Waals surface area contributed by atoms with Crippen LogP contribution < -0.4 is 5.32 Å². The molecular formula is C18H19F2N. The van der Waals surface area contributed by atoms with E-state index in [1.165, 1.54) is 29.3 Å². The third-order valence-corrected chi connectivity index (χ3v) is 4.30. The largest absolute Gasteiger partial charge is 0.310 e. The first-order valence-electron chi connectivity index (χ1n) is 7.44. The summed E-state index contributed by atoms with van der Waals surface area (Å²) >= 11 is 0.